The Hall–Kier alpha value is -1.85. The average Bonchev–Trinajstić information content (AvgIpc) is 2.46. The van der Waals surface area contributed by atoms with E-state index in [0.29, 0.717) is 16.3 Å². The number of benzene rings is 2. The summed E-state index contributed by atoms with van der Waals surface area (Å²) in [6, 6.07) is 8.99. The summed E-state index contributed by atoms with van der Waals surface area (Å²) in [7, 11) is 0. The number of ether oxygens (including phenoxy) is 1. The zero-order chi connectivity index (χ0) is 15.4. The number of halogens is 3. The number of nitro benzene ring substituents is 1. The van der Waals surface area contributed by atoms with Crippen molar-refractivity contribution in [1.29, 1.82) is 0 Å². The number of hydrogen-bond donors (Lipinski definition) is 0. The second-order valence-corrected chi connectivity index (χ2v) is 4.83. The van der Waals surface area contributed by atoms with Crippen molar-refractivity contribution >= 4 is 28.9 Å². The Morgan fingerprint density at radius 2 is 1.86 bits per heavy atom. The zero-order valence-electron chi connectivity index (χ0n) is 10.7. The number of para-hydroxylation sites is 1. The molecule has 0 saturated heterocycles. The molecule has 0 aromatic heterocycles. The lowest BCUT2D eigenvalue weighted by molar-refractivity contribution is -0.387. The van der Waals surface area contributed by atoms with E-state index in [1.165, 1.54) is 12.1 Å². The zero-order valence-corrected chi connectivity index (χ0v) is 12.2. The van der Waals surface area contributed by atoms with Gasteiger partial charge in [-0.05, 0) is 6.07 Å². The third-order valence-corrected chi connectivity index (χ3v) is 3.41. The minimum atomic E-state index is -0.915. The van der Waals surface area contributed by atoms with Crippen molar-refractivity contribution in [3.05, 3.63) is 68.5 Å². The maximum Gasteiger partial charge on any atom is 0.305 e. The fraction of sp³-hybridized carbons (Fsp3) is 0.143. The summed E-state index contributed by atoms with van der Waals surface area (Å²) in [5, 5.41) is 11.0. The third kappa shape index (κ3) is 3.43. The van der Waals surface area contributed by atoms with Crippen molar-refractivity contribution in [1.82, 2.24) is 0 Å². The van der Waals surface area contributed by atoms with Gasteiger partial charge in [-0.25, -0.2) is 0 Å². The molecule has 0 fully saturated rings. The van der Waals surface area contributed by atoms with Crippen LogP contribution in [0.4, 0.5) is 10.1 Å². The summed E-state index contributed by atoms with van der Waals surface area (Å²) < 4.78 is 19.4. The molecule has 4 nitrogen and oxygen atoms in total. The Labute approximate surface area is 130 Å². The quantitative estimate of drug-likeness (QED) is 0.453. The van der Waals surface area contributed by atoms with Gasteiger partial charge in [0.15, 0.2) is 0 Å². The van der Waals surface area contributed by atoms with Crippen LogP contribution in [0.1, 0.15) is 11.1 Å². The molecule has 0 bridgehead atoms. The lowest BCUT2D eigenvalue weighted by atomic mass is 10.2. The first-order valence-corrected chi connectivity index (χ1v) is 6.83. The smallest absolute Gasteiger partial charge is 0.305 e. The van der Waals surface area contributed by atoms with Gasteiger partial charge in [0.1, 0.15) is 12.4 Å². The number of nitro groups is 1. The molecule has 110 valence electrons. The Bertz CT molecular complexity index is 679. The monoisotopic (exact) mass is 329 g/mol. The van der Waals surface area contributed by atoms with Gasteiger partial charge < -0.3 is 4.74 Å². The first-order valence-electron chi connectivity index (χ1n) is 5.92. The lowest BCUT2D eigenvalue weighted by Crippen LogP contribution is -2.03. The first-order chi connectivity index (χ1) is 10.0. The van der Waals surface area contributed by atoms with E-state index < -0.39 is 16.4 Å². The fourth-order valence-electron chi connectivity index (χ4n) is 1.79. The highest BCUT2D eigenvalue weighted by atomic mass is 35.5. The Morgan fingerprint density at radius 1 is 1.19 bits per heavy atom. The Balaban J connectivity index is 2.25. The van der Waals surface area contributed by atoms with Crippen LogP contribution in [-0.4, -0.2) is 4.92 Å². The molecule has 0 radical (unpaired) electrons. The van der Waals surface area contributed by atoms with E-state index in [1.807, 2.05) is 0 Å². The molecular weight excluding hydrogens is 320 g/mol. The van der Waals surface area contributed by atoms with E-state index in [0.717, 1.165) is 6.07 Å². The standard InChI is InChI=1S/C14H10Cl2FNO3/c15-7-9-3-1-5-11(16)14(9)21-8-10-4-2-6-12(13(10)17)18(19)20/h1-6H,7-8H2. The molecule has 0 N–H and O–H groups in total. The molecule has 0 atom stereocenters. The fourth-order valence-corrected chi connectivity index (χ4v) is 2.25. The maximum atomic E-state index is 13.9. The van der Waals surface area contributed by atoms with Crippen LogP contribution in [0.2, 0.25) is 5.02 Å². The van der Waals surface area contributed by atoms with Crippen LogP contribution < -0.4 is 4.74 Å². The van der Waals surface area contributed by atoms with Gasteiger partial charge in [-0.2, -0.15) is 4.39 Å². The molecule has 0 saturated carbocycles. The molecule has 0 unspecified atom stereocenters. The summed E-state index contributed by atoms with van der Waals surface area (Å²) in [4.78, 5) is 9.91. The molecule has 0 spiro atoms. The normalized spacial score (nSPS) is 10.4. The summed E-state index contributed by atoms with van der Waals surface area (Å²) in [5.41, 5.74) is 0.146. The number of rotatable bonds is 5. The van der Waals surface area contributed by atoms with E-state index in [1.54, 1.807) is 18.2 Å². The SMILES string of the molecule is O=[N+]([O-])c1cccc(COc2c(Cl)cccc2CCl)c1F. The minimum absolute atomic E-state index is 0.0737. The molecule has 0 heterocycles. The molecule has 2 rings (SSSR count). The van der Waals surface area contributed by atoms with Crippen molar-refractivity contribution in [2.24, 2.45) is 0 Å². The molecule has 0 aliphatic rings. The highest BCUT2D eigenvalue weighted by Crippen LogP contribution is 2.31. The van der Waals surface area contributed by atoms with Crippen LogP contribution in [0, 0.1) is 15.9 Å². The van der Waals surface area contributed by atoms with E-state index in [4.69, 9.17) is 27.9 Å². The largest absolute Gasteiger partial charge is 0.487 e. The van der Waals surface area contributed by atoms with Gasteiger partial charge in [0.2, 0.25) is 5.82 Å². The molecule has 21 heavy (non-hydrogen) atoms. The van der Waals surface area contributed by atoms with Gasteiger partial charge in [0, 0.05) is 17.2 Å². The predicted octanol–water partition coefficient (Wildman–Crippen LogP) is 4.71. The molecule has 0 amide bonds. The van der Waals surface area contributed by atoms with Crippen molar-refractivity contribution in [2.75, 3.05) is 0 Å². The predicted molar refractivity (Wildman–Crippen MR) is 78.4 cm³/mol. The minimum Gasteiger partial charge on any atom is -0.487 e. The van der Waals surface area contributed by atoms with Crippen molar-refractivity contribution < 1.29 is 14.1 Å². The van der Waals surface area contributed by atoms with Gasteiger partial charge in [-0.3, -0.25) is 10.1 Å². The molecule has 2 aromatic carbocycles. The van der Waals surface area contributed by atoms with Crippen LogP contribution in [-0.2, 0) is 12.5 Å². The van der Waals surface area contributed by atoms with Crippen LogP contribution in [0.5, 0.6) is 5.75 Å². The summed E-state index contributed by atoms with van der Waals surface area (Å²) in [6.07, 6.45) is 0. The van der Waals surface area contributed by atoms with Crippen LogP contribution in [0.3, 0.4) is 0 Å². The molecule has 0 aliphatic heterocycles. The first kappa shape index (κ1) is 15.5. The second-order valence-electron chi connectivity index (χ2n) is 4.16. The van der Waals surface area contributed by atoms with Crippen molar-refractivity contribution in [3.63, 3.8) is 0 Å². The summed E-state index contributed by atoms with van der Waals surface area (Å²) >= 11 is 11.8. The lowest BCUT2D eigenvalue weighted by Gasteiger charge is -2.12. The molecule has 2 aromatic rings. The average molecular weight is 330 g/mol. The molecule has 0 aliphatic carbocycles. The van der Waals surface area contributed by atoms with E-state index >= 15 is 0 Å². The third-order valence-electron chi connectivity index (χ3n) is 2.82. The van der Waals surface area contributed by atoms with Gasteiger partial charge in [0.05, 0.1) is 15.8 Å². The van der Waals surface area contributed by atoms with Crippen LogP contribution >= 0.6 is 23.2 Å². The van der Waals surface area contributed by atoms with Gasteiger partial charge in [-0.15, -0.1) is 11.6 Å². The second kappa shape index (κ2) is 6.74. The van der Waals surface area contributed by atoms with Crippen LogP contribution in [0.25, 0.3) is 0 Å². The Kier molecular flexibility index (Phi) is 4.98. The maximum absolute atomic E-state index is 13.9. The van der Waals surface area contributed by atoms with Gasteiger partial charge >= 0.3 is 5.69 Å². The van der Waals surface area contributed by atoms with Crippen LogP contribution in [0.15, 0.2) is 36.4 Å². The number of alkyl halides is 1. The molecule has 7 heteroatoms. The van der Waals surface area contributed by atoms with Crippen molar-refractivity contribution in [3.8, 4) is 5.75 Å². The summed E-state index contributed by atoms with van der Waals surface area (Å²) in [5.74, 6) is -0.380. The van der Waals surface area contributed by atoms with Gasteiger partial charge in [-0.1, -0.05) is 35.9 Å². The number of hydrogen-bond acceptors (Lipinski definition) is 3. The highest BCUT2D eigenvalue weighted by molar-refractivity contribution is 6.32. The summed E-state index contributed by atoms with van der Waals surface area (Å²) in [6.45, 7) is -0.179. The Morgan fingerprint density at radius 3 is 2.52 bits per heavy atom. The topological polar surface area (TPSA) is 52.4 Å². The van der Waals surface area contributed by atoms with Crippen molar-refractivity contribution in [2.45, 2.75) is 12.5 Å². The van der Waals surface area contributed by atoms with E-state index in [2.05, 4.69) is 0 Å². The number of nitrogens with zero attached hydrogens (tertiary/aromatic N) is 1. The van der Waals surface area contributed by atoms with E-state index in [-0.39, 0.29) is 18.1 Å². The highest BCUT2D eigenvalue weighted by Gasteiger charge is 2.18. The van der Waals surface area contributed by atoms with E-state index in [9.17, 15) is 14.5 Å². The van der Waals surface area contributed by atoms with Gasteiger partial charge in [0.25, 0.3) is 0 Å². The molecular formula is C14H10Cl2FNO3.